The fourth-order valence-corrected chi connectivity index (χ4v) is 9.14. The van der Waals surface area contributed by atoms with Crippen molar-refractivity contribution in [3.63, 3.8) is 0 Å². The zero-order valence-electron chi connectivity index (χ0n) is 49.8. The van der Waals surface area contributed by atoms with Crippen LogP contribution in [0.25, 0.3) is 0 Å². The van der Waals surface area contributed by atoms with Crippen molar-refractivity contribution >= 4 is 23.9 Å². The first-order valence-corrected chi connectivity index (χ1v) is 31.6. The molecule has 79 heavy (non-hydrogen) atoms. The number of rotatable bonds is 53. The highest BCUT2D eigenvalue weighted by molar-refractivity contribution is 5.74. The molecule has 0 aromatic heterocycles. The Hall–Kier alpha value is -4.10. The fourth-order valence-electron chi connectivity index (χ4n) is 9.14. The summed E-state index contributed by atoms with van der Waals surface area (Å²) in [7, 11) is 0. The highest BCUT2D eigenvalue weighted by Gasteiger charge is 2.50. The highest BCUT2D eigenvalue weighted by Crippen LogP contribution is 2.26. The van der Waals surface area contributed by atoms with Crippen molar-refractivity contribution in [1.82, 2.24) is 0 Å². The van der Waals surface area contributed by atoms with E-state index in [0.29, 0.717) is 25.7 Å². The average molecular weight is 1110 g/mol. The molecule has 6 atom stereocenters. The van der Waals surface area contributed by atoms with Crippen molar-refractivity contribution in [2.75, 3.05) is 13.2 Å². The minimum atomic E-state index is -1.91. The first-order valence-electron chi connectivity index (χ1n) is 31.6. The van der Waals surface area contributed by atoms with E-state index in [0.717, 1.165) is 103 Å². The van der Waals surface area contributed by atoms with Gasteiger partial charge in [0.15, 0.2) is 24.6 Å². The zero-order chi connectivity index (χ0) is 57.5. The van der Waals surface area contributed by atoms with Gasteiger partial charge in [-0.3, -0.25) is 14.4 Å². The number of aliphatic carboxylic acids is 1. The Balaban J connectivity index is 2.71. The molecule has 452 valence electrons. The lowest BCUT2D eigenvalue weighted by atomic mass is 9.98. The van der Waals surface area contributed by atoms with E-state index in [1.54, 1.807) is 0 Å². The number of carboxylic acids is 1. The lowest BCUT2D eigenvalue weighted by Crippen LogP contribution is -2.61. The van der Waals surface area contributed by atoms with E-state index in [4.69, 9.17) is 23.7 Å². The lowest BCUT2D eigenvalue weighted by molar-refractivity contribution is -0.301. The predicted molar refractivity (Wildman–Crippen MR) is 321 cm³/mol. The van der Waals surface area contributed by atoms with Crippen LogP contribution in [0.15, 0.2) is 85.1 Å². The van der Waals surface area contributed by atoms with E-state index >= 15 is 0 Å². The molecule has 12 nitrogen and oxygen atoms in total. The number of carboxylic acid groups (broad SMARTS) is 1. The molecule has 6 unspecified atom stereocenters. The molecular weight excluding hydrogens is 997 g/mol. The Morgan fingerprint density at radius 1 is 0.430 bits per heavy atom. The molecule has 0 amide bonds. The van der Waals surface area contributed by atoms with E-state index in [9.17, 15) is 34.5 Å². The molecule has 0 aromatic rings. The number of hydrogen-bond acceptors (Lipinski definition) is 11. The molecule has 12 heteroatoms. The highest BCUT2D eigenvalue weighted by atomic mass is 16.7. The molecule has 1 heterocycles. The van der Waals surface area contributed by atoms with Gasteiger partial charge in [-0.2, -0.15) is 0 Å². The summed E-state index contributed by atoms with van der Waals surface area (Å²) in [5.41, 5.74) is 0. The predicted octanol–water partition coefficient (Wildman–Crippen LogP) is 16.7. The van der Waals surface area contributed by atoms with Crippen LogP contribution in [-0.2, 0) is 42.9 Å². The quantitative estimate of drug-likeness (QED) is 0.0228. The van der Waals surface area contributed by atoms with Crippen molar-refractivity contribution in [2.45, 2.75) is 302 Å². The molecule has 0 aliphatic carbocycles. The van der Waals surface area contributed by atoms with Crippen LogP contribution < -0.4 is 0 Å². The van der Waals surface area contributed by atoms with Gasteiger partial charge in [0.1, 0.15) is 18.8 Å². The number of aliphatic hydroxyl groups excluding tert-OH is 2. The smallest absolute Gasteiger partial charge is 0.335 e. The summed E-state index contributed by atoms with van der Waals surface area (Å²) in [5, 5.41) is 31.6. The molecule has 1 aliphatic heterocycles. The molecule has 1 saturated heterocycles. The van der Waals surface area contributed by atoms with Crippen LogP contribution in [0.3, 0.4) is 0 Å². The number of esters is 3. The van der Waals surface area contributed by atoms with Crippen LogP contribution in [0.5, 0.6) is 0 Å². The standard InChI is InChI=1S/C67H112O12/c1-4-7-10-13-16-19-22-25-28-30-33-35-38-41-44-47-50-53-59(68)75-56-58(77-60(69)54-51-48-45-42-39-36-32-27-24-21-18-15-12-9-6-3)57-76-67-65(63(72)62(71)64(79-67)66(73)74)78-61(70)55-52-49-46-43-40-37-34-31-29-26-23-20-17-14-11-8-5-2/h7,10,16,18-19,21,25,27-28,32-33,35,41,44,58,62-65,67,71-72H,4-6,8-9,11-15,17,20,22-24,26,29-31,34,36-40,42-43,45-57H2,1-3H3,(H,73,74)/b10-7-,19-16-,21-18-,28-25-,32-27-,35-33-,44-41-. The maximum Gasteiger partial charge on any atom is 0.335 e. The van der Waals surface area contributed by atoms with E-state index in [-0.39, 0.29) is 25.9 Å². The van der Waals surface area contributed by atoms with Gasteiger partial charge < -0.3 is 39.0 Å². The minimum Gasteiger partial charge on any atom is -0.479 e. The number of aliphatic hydroxyl groups is 2. The molecule has 0 radical (unpaired) electrons. The lowest BCUT2D eigenvalue weighted by Gasteiger charge is -2.40. The minimum absolute atomic E-state index is 0.0540. The van der Waals surface area contributed by atoms with Gasteiger partial charge in [-0.15, -0.1) is 0 Å². The topological polar surface area (TPSA) is 175 Å². The summed E-state index contributed by atoms with van der Waals surface area (Å²) in [4.78, 5) is 51.2. The number of carbonyl (C=O) groups excluding carboxylic acids is 3. The third-order valence-electron chi connectivity index (χ3n) is 14.0. The van der Waals surface area contributed by atoms with Crippen LogP contribution in [0.4, 0.5) is 0 Å². The van der Waals surface area contributed by atoms with Crippen molar-refractivity contribution in [3.8, 4) is 0 Å². The van der Waals surface area contributed by atoms with Gasteiger partial charge in [0.05, 0.1) is 6.61 Å². The average Bonchev–Trinajstić information content (AvgIpc) is 3.47. The Bertz CT molecular complexity index is 1700. The molecule has 1 rings (SSSR count). The Morgan fingerprint density at radius 3 is 1.28 bits per heavy atom. The molecular formula is C67H112O12. The van der Waals surface area contributed by atoms with Crippen LogP contribution in [0.2, 0.25) is 0 Å². The molecule has 0 spiro atoms. The van der Waals surface area contributed by atoms with E-state index < -0.39 is 67.3 Å². The summed E-state index contributed by atoms with van der Waals surface area (Å²) in [5.74, 6) is -3.21. The Morgan fingerprint density at radius 2 is 0.810 bits per heavy atom. The number of hydrogen-bond donors (Lipinski definition) is 3. The van der Waals surface area contributed by atoms with E-state index in [2.05, 4.69) is 99.8 Å². The second-order valence-electron chi connectivity index (χ2n) is 21.3. The van der Waals surface area contributed by atoms with Gasteiger partial charge in [-0.25, -0.2) is 4.79 Å². The molecule has 0 bridgehead atoms. The third-order valence-corrected chi connectivity index (χ3v) is 14.0. The van der Waals surface area contributed by atoms with Crippen molar-refractivity contribution in [1.29, 1.82) is 0 Å². The number of unbranched alkanes of at least 4 members (excludes halogenated alkanes) is 25. The maximum atomic E-state index is 13.2. The second-order valence-corrected chi connectivity index (χ2v) is 21.3. The number of carbonyl (C=O) groups is 4. The fraction of sp³-hybridized carbons (Fsp3) is 0.731. The molecule has 0 aromatic carbocycles. The van der Waals surface area contributed by atoms with Crippen molar-refractivity contribution in [2.24, 2.45) is 0 Å². The SMILES string of the molecule is CC/C=C\C/C=C\C/C=C\C/C=C\C/C=C\CCCC(=O)OCC(COC1OC(C(=O)O)C(O)C(O)C1OC(=O)CCCCCCCCCCCCCCCCCCC)OC(=O)CCCCCCC/C=C\C/C=C\CCCCC. The molecule has 0 saturated carbocycles. The van der Waals surface area contributed by atoms with Crippen LogP contribution >= 0.6 is 0 Å². The zero-order valence-corrected chi connectivity index (χ0v) is 49.8. The molecule has 1 aliphatic rings. The van der Waals surface area contributed by atoms with Crippen molar-refractivity contribution < 1.29 is 58.2 Å². The van der Waals surface area contributed by atoms with Crippen LogP contribution in [0.1, 0.15) is 265 Å². The largest absolute Gasteiger partial charge is 0.479 e. The first-order chi connectivity index (χ1) is 38.6. The third kappa shape index (κ3) is 44.3. The number of ether oxygens (including phenoxy) is 5. The summed E-state index contributed by atoms with van der Waals surface area (Å²) in [6.07, 6.45) is 58.3. The van der Waals surface area contributed by atoms with Gasteiger partial charge in [0.2, 0.25) is 0 Å². The van der Waals surface area contributed by atoms with E-state index in [1.165, 1.54) is 96.3 Å². The Labute approximate surface area is 480 Å². The van der Waals surface area contributed by atoms with Gasteiger partial charge in [0, 0.05) is 19.3 Å². The summed E-state index contributed by atoms with van der Waals surface area (Å²) in [6.45, 7) is 5.81. The normalized spacial score (nSPS) is 18.4. The molecule has 1 fully saturated rings. The van der Waals surface area contributed by atoms with Crippen LogP contribution in [-0.4, -0.2) is 89.2 Å². The van der Waals surface area contributed by atoms with Crippen LogP contribution in [0, 0.1) is 0 Å². The summed E-state index contributed by atoms with van der Waals surface area (Å²) < 4.78 is 28.4. The van der Waals surface area contributed by atoms with Crippen molar-refractivity contribution in [3.05, 3.63) is 85.1 Å². The molecule has 3 N–H and O–H groups in total. The number of allylic oxidation sites excluding steroid dienone is 14. The maximum absolute atomic E-state index is 13.2. The monoisotopic (exact) mass is 1110 g/mol. The van der Waals surface area contributed by atoms with Gasteiger partial charge >= 0.3 is 23.9 Å². The summed E-state index contributed by atoms with van der Waals surface area (Å²) >= 11 is 0. The first kappa shape index (κ1) is 72.9. The second kappa shape index (κ2) is 54.5. The van der Waals surface area contributed by atoms with Gasteiger partial charge in [-0.05, 0) is 89.9 Å². The van der Waals surface area contributed by atoms with Gasteiger partial charge in [-0.1, -0.05) is 241 Å². The summed E-state index contributed by atoms with van der Waals surface area (Å²) in [6, 6.07) is 0. The Kier molecular flexibility index (Phi) is 50.3. The van der Waals surface area contributed by atoms with E-state index in [1.807, 2.05) is 6.08 Å². The van der Waals surface area contributed by atoms with Gasteiger partial charge in [0.25, 0.3) is 0 Å².